The molecule has 2 amide bonds. The van der Waals surface area contributed by atoms with Crippen LogP contribution in [0.3, 0.4) is 0 Å². The lowest BCUT2D eigenvalue weighted by Crippen LogP contribution is -2.59. The van der Waals surface area contributed by atoms with Crippen molar-refractivity contribution < 1.29 is 9.59 Å². The van der Waals surface area contributed by atoms with Gasteiger partial charge in [-0.3, -0.25) is 9.69 Å². The van der Waals surface area contributed by atoms with Crippen LogP contribution in [0.5, 0.6) is 0 Å². The highest BCUT2D eigenvalue weighted by atomic mass is 16.2. The van der Waals surface area contributed by atoms with Gasteiger partial charge >= 0.3 is 6.03 Å². The Morgan fingerprint density at radius 3 is 2.62 bits per heavy atom. The largest absolute Gasteiger partial charge is 0.334 e. The summed E-state index contributed by atoms with van der Waals surface area (Å²) in [5, 5.41) is 3.23. The first kappa shape index (κ1) is 20.9. The zero-order chi connectivity index (χ0) is 19.3. The van der Waals surface area contributed by atoms with E-state index in [1.165, 1.54) is 0 Å². The number of nitrogens with one attached hydrogen (secondary N) is 1. The molecule has 0 unspecified atom stereocenters. The maximum absolute atomic E-state index is 12.7. The number of likely N-dealkylation sites (tertiary alicyclic amines) is 1. The topological polar surface area (TPSA) is 55.9 Å². The van der Waals surface area contributed by atoms with Crippen LogP contribution in [0.25, 0.3) is 0 Å². The number of nitrogens with zero attached hydrogens (tertiary/aromatic N) is 3. The minimum absolute atomic E-state index is 0.0146. The van der Waals surface area contributed by atoms with Crippen LogP contribution in [0.15, 0.2) is 12.2 Å². The zero-order valence-electron chi connectivity index (χ0n) is 17.0. The number of hydrogen-bond donors (Lipinski definition) is 1. The number of rotatable bonds is 7. The fourth-order valence-corrected chi connectivity index (χ4v) is 4.22. The predicted molar refractivity (Wildman–Crippen MR) is 105 cm³/mol. The summed E-state index contributed by atoms with van der Waals surface area (Å²) < 4.78 is 0. The molecule has 0 aromatic carbocycles. The number of amides is 2. The Morgan fingerprint density at radius 2 is 2.00 bits per heavy atom. The minimum atomic E-state index is 0.0146. The molecule has 0 radical (unpaired) electrons. The molecule has 1 N–H and O–H groups in total. The van der Waals surface area contributed by atoms with E-state index in [9.17, 15) is 9.59 Å². The smallest absolute Gasteiger partial charge is 0.317 e. The summed E-state index contributed by atoms with van der Waals surface area (Å²) >= 11 is 0. The van der Waals surface area contributed by atoms with Gasteiger partial charge in [0.2, 0.25) is 0 Å². The molecular weight excluding hydrogens is 328 g/mol. The van der Waals surface area contributed by atoms with Crippen molar-refractivity contribution >= 4 is 11.8 Å². The molecule has 2 aliphatic rings. The first-order valence-electron chi connectivity index (χ1n) is 10.0. The number of piperidine rings is 1. The standard InChI is InChI=1S/C20H36N4O2/c1-6-8-24-14-17(12-16-13-19(25)15(3)11-18(16)24)21-20(26)23(7-2)10-9-22(4)5/h16-18H,3,6-14H2,1-2,4-5H3,(H,21,26)/t16-,17+,18-/m1/s1. The van der Waals surface area contributed by atoms with Gasteiger partial charge in [0, 0.05) is 44.7 Å². The molecule has 0 bridgehead atoms. The molecular formula is C20H36N4O2. The van der Waals surface area contributed by atoms with Crippen LogP contribution >= 0.6 is 0 Å². The van der Waals surface area contributed by atoms with Gasteiger partial charge in [0.25, 0.3) is 0 Å². The molecule has 148 valence electrons. The Hall–Kier alpha value is -1.40. The molecule has 2 fully saturated rings. The zero-order valence-corrected chi connectivity index (χ0v) is 17.0. The molecule has 6 heteroatoms. The van der Waals surface area contributed by atoms with Crippen molar-refractivity contribution in [2.24, 2.45) is 5.92 Å². The van der Waals surface area contributed by atoms with Crippen LogP contribution < -0.4 is 5.32 Å². The van der Waals surface area contributed by atoms with Crippen molar-refractivity contribution in [3.63, 3.8) is 0 Å². The number of carbonyl (C=O) groups is 2. The highest BCUT2D eigenvalue weighted by Gasteiger charge is 2.41. The number of hydrogen-bond acceptors (Lipinski definition) is 4. The Kier molecular flexibility index (Phi) is 7.65. The molecule has 6 nitrogen and oxygen atoms in total. The van der Waals surface area contributed by atoms with Crippen molar-refractivity contribution in [1.82, 2.24) is 20.0 Å². The highest BCUT2D eigenvalue weighted by Crippen LogP contribution is 2.35. The maximum atomic E-state index is 12.7. The number of urea groups is 1. The molecule has 1 heterocycles. The fraction of sp³-hybridized carbons (Fsp3) is 0.800. The van der Waals surface area contributed by atoms with Crippen LogP contribution in [0.4, 0.5) is 4.79 Å². The normalized spacial score (nSPS) is 26.7. The van der Waals surface area contributed by atoms with E-state index in [4.69, 9.17) is 0 Å². The third-order valence-corrected chi connectivity index (χ3v) is 5.68. The molecule has 1 aliphatic heterocycles. The summed E-state index contributed by atoms with van der Waals surface area (Å²) in [4.78, 5) is 31.2. The second-order valence-electron chi connectivity index (χ2n) is 8.02. The van der Waals surface area contributed by atoms with Gasteiger partial charge < -0.3 is 15.1 Å². The summed E-state index contributed by atoms with van der Waals surface area (Å²) in [7, 11) is 4.03. The molecule has 0 spiro atoms. The van der Waals surface area contributed by atoms with Gasteiger partial charge in [0.15, 0.2) is 5.78 Å². The second-order valence-corrected chi connectivity index (χ2v) is 8.02. The van der Waals surface area contributed by atoms with Gasteiger partial charge in [0.05, 0.1) is 0 Å². The summed E-state index contributed by atoms with van der Waals surface area (Å²) in [6.45, 7) is 12.3. The fourth-order valence-electron chi connectivity index (χ4n) is 4.22. The number of Topliss-reactive ketones (excluding diaryl/α,β-unsaturated/α-hetero) is 1. The van der Waals surface area contributed by atoms with Crippen LogP contribution in [-0.4, -0.2) is 85.4 Å². The van der Waals surface area contributed by atoms with Gasteiger partial charge in [-0.05, 0) is 58.3 Å². The minimum Gasteiger partial charge on any atom is -0.334 e. The Labute approximate surface area is 158 Å². The molecule has 1 saturated carbocycles. The average Bonchev–Trinajstić information content (AvgIpc) is 2.57. The van der Waals surface area contributed by atoms with Crippen molar-refractivity contribution in [2.45, 2.75) is 51.6 Å². The van der Waals surface area contributed by atoms with Crippen molar-refractivity contribution in [1.29, 1.82) is 0 Å². The third kappa shape index (κ3) is 5.30. The molecule has 26 heavy (non-hydrogen) atoms. The monoisotopic (exact) mass is 364 g/mol. The van der Waals surface area contributed by atoms with E-state index in [1.54, 1.807) is 0 Å². The average molecular weight is 365 g/mol. The summed E-state index contributed by atoms with van der Waals surface area (Å²) in [5.41, 5.74) is 0.774. The third-order valence-electron chi connectivity index (χ3n) is 5.68. The second kappa shape index (κ2) is 9.51. The Morgan fingerprint density at radius 1 is 1.27 bits per heavy atom. The van der Waals surface area contributed by atoms with Crippen LogP contribution in [-0.2, 0) is 4.79 Å². The van der Waals surface area contributed by atoms with E-state index in [1.807, 2.05) is 25.9 Å². The number of ketones is 1. The Bertz CT molecular complexity index is 520. The summed E-state index contributed by atoms with van der Waals surface area (Å²) in [5.74, 6) is 0.534. The van der Waals surface area contributed by atoms with Gasteiger partial charge in [-0.25, -0.2) is 4.79 Å². The lowest BCUT2D eigenvalue weighted by atomic mass is 9.74. The van der Waals surface area contributed by atoms with Gasteiger partial charge in [-0.15, -0.1) is 0 Å². The molecule has 0 aromatic heterocycles. The summed E-state index contributed by atoms with van der Waals surface area (Å²) in [6.07, 6.45) is 3.33. The Balaban J connectivity index is 1.99. The molecule has 3 atom stereocenters. The van der Waals surface area contributed by atoms with Crippen LogP contribution in [0.1, 0.15) is 39.5 Å². The number of likely N-dealkylation sites (N-methyl/N-ethyl adjacent to an activating group) is 2. The number of carbonyl (C=O) groups excluding carboxylic acids is 2. The molecule has 1 saturated heterocycles. The first-order chi connectivity index (χ1) is 12.3. The van der Waals surface area contributed by atoms with Gasteiger partial charge in [0.1, 0.15) is 0 Å². The quantitative estimate of drug-likeness (QED) is 0.702. The lowest BCUT2D eigenvalue weighted by Gasteiger charge is -2.47. The van der Waals surface area contributed by atoms with E-state index in [2.05, 4.69) is 28.6 Å². The lowest BCUT2D eigenvalue weighted by molar-refractivity contribution is -0.119. The van der Waals surface area contributed by atoms with Crippen molar-refractivity contribution in [3.8, 4) is 0 Å². The predicted octanol–water partition coefficient (Wildman–Crippen LogP) is 1.97. The van der Waals surface area contributed by atoms with E-state index in [0.29, 0.717) is 24.9 Å². The van der Waals surface area contributed by atoms with Crippen molar-refractivity contribution in [3.05, 3.63) is 12.2 Å². The van der Waals surface area contributed by atoms with Gasteiger partial charge in [-0.2, -0.15) is 0 Å². The maximum Gasteiger partial charge on any atom is 0.317 e. The molecule has 0 aromatic rings. The van der Waals surface area contributed by atoms with Crippen LogP contribution in [0, 0.1) is 5.92 Å². The van der Waals surface area contributed by atoms with Crippen molar-refractivity contribution in [2.75, 3.05) is 46.8 Å². The van der Waals surface area contributed by atoms with Crippen LogP contribution in [0.2, 0.25) is 0 Å². The number of fused-ring (bicyclic) bond motifs is 1. The first-order valence-corrected chi connectivity index (χ1v) is 10.0. The van der Waals surface area contributed by atoms with E-state index >= 15 is 0 Å². The van der Waals surface area contributed by atoms with E-state index in [-0.39, 0.29) is 17.9 Å². The van der Waals surface area contributed by atoms with E-state index in [0.717, 1.165) is 51.0 Å². The summed E-state index contributed by atoms with van der Waals surface area (Å²) in [6, 6.07) is 0.535. The SMILES string of the molecule is C=C1C[C@@H]2[C@@H](CC1=O)C[C@H](NC(=O)N(CC)CCN(C)C)CN2CCC. The van der Waals surface area contributed by atoms with E-state index < -0.39 is 0 Å². The van der Waals surface area contributed by atoms with Gasteiger partial charge in [-0.1, -0.05) is 13.5 Å². The molecule has 1 aliphatic carbocycles. The molecule has 2 rings (SSSR count). The highest BCUT2D eigenvalue weighted by molar-refractivity contribution is 5.95.